The molecule has 0 bridgehead atoms. The highest BCUT2D eigenvalue weighted by Gasteiger charge is 2.33. The number of nitrogens with zero attached hydrogens (tertiary/aromatic N) is 1. The fourth-order valence-corrected chi connectivity index (χ4v) is 4.89. The van der Waals surface area contributed by atoms with Crippen LogP contribution >= 0.6 is 11.6 Å². The summed E-state index contributed by atoms with van der Waals surface area (Å²) in [7, 11) is -0.0324. The van der Waals surface area contributed by atoms with E-state index in [0.29, 0.717) is 35.2 Å². The standard InChI is InChI=1S/C16H23ClN2O5S/c1-4-19(11-5-6-25(21,22)10-11)16(20)9-18-13-8-14(23-2)12(17)7-15(13)24-3/h7-8,11,18H,4-6,9-10H2,1-3H3. The van der Waals surface area contributed by atoms with Gasteiger partial charge in [-0.1, -0.05) is 11.6 Å². The number of amides is 1. The van der Waals surface area contributed by atoms with Gasteiger partial charge in [0.05, 0.1) is 43.0 Å². The molecule has 0 saturated carbocycles. The Balaban J connectivity index is 2.08. The van der Waals surface area contributed by atoms with E-state index < -0.39 is 9.84 Å². The second-order valence-corrected chi connectivity index (χ2v) is 8.41. The SMILES string of the molecule is CCN(C(=O)CNc1cc(OC)c(Cl)cc1OC)C1CCS(=O)(=O)C1. The maximum absolute atomic E-state index is 12.5. The van der Waals surface area contributed by atoms with Gasteiger partial charge in [-0.25, -0.2) is 8.42 Å². The number of anilines is 1. The maximum atomic E-state index is 12.5. The molecule has 0 radical (unpaired) electrons. The number of benzene rings is 1. The van der Waals surface area contributed by atoms with Gasteiger partial charge in [0.1, 0.15) is 11.5 Å². The van der Waals surface area contributed by atoms with Crippen LogP contribution in [0.5, 0.6) is 11.5 Å². The molecule has 1 atom stereocenters. The first-order valence-corrected chi connectivity index (χ1v) is 10.2. The minimum atomic E-state index is -3.04. The highest BCUT2D eigenvalue weighted by atomic mass is 35.5. The molecule has 1 heterocycles. The van der Waals surface area contributed by atoms with E-state index in [0.717, 1.165) is 0 Å². The molecule has 0 aliphatic carbocycles. The molecule has 1 amide bonds. The van der Waals surface area contributed by atoms with E-state index in [1.807, 2.05) is 6.92 Å². The van der Waals surface area contributed by atoms with Gasteiger partial charge < -0.3 is 19.7 Å². The summed E-state index contributed by atoms with van der Waals surface area (Å²) < 4.78 is 33.7. The fraction of sp³-hybridized carbons (Fsp3) is 0.562. The van der Waals surface area contributed by atoms with Crippen LogP contribution in [0.3, 0.4) is 0 Å². The van der Waals surface area contributed by atoms with Gasteiger partial charge in [-0.3, -0.25) is 4.79 Å². The molecule has 140 valence electrons. The van der Waals surface area contributed by atoms with Crippen LogP contribution in [0.15, 0.2) is 12.1 Å². The van der Waals surface area contributed by atoms with Crippen LogP contribution in [0.1, 0.15) is 13.3 Å². The number of sulfone groups is 1. The third-order valence-corrected chi connectivity index (χ3v) is 6.26. The number of methoxy groups -OCH3 is 2. The topological polar surface area (TPSA) is 84.9 Å². The van der Waals surface area contributed by atoms with Crippen LogP contribution in [0.2, 0.25) is 5.02 Å². The third kappa shape index (κ3) is 4.70. The van der Waals surface area contributed by atoms with Gasteiger partial charge in [0.2, 0.25) is 5.91 Å². The predicted octanol–water partition coefficient (Wildman–Crippen LogP) is 1.80. The van der Waals surface area contributed by atoms with Crippen LogP contribution in [-0.4, -0.2) is 64.1 Å². The van der Waals surface area contributed by atoms with Crippen molar-refractivity contribution >= 4 is 33.0 Å². The van der Waals surface area contributed by atoms with Crippen molar-refractivity contribution < 1.29 is 22.7 Å². The number of hydrogen-bond donors (Lipinski definition) is 1. The molecule has 1 N–H and O–H groups in total. The van der Waals surface area contributed by atoms with E-state index in [-0.39, 0.29) is 30.0 Å². The minimum absolute atomic E-state index is 0.0194. The molecule has 1 aliphatic rings. The first-order chi connectivity index (χ1) is 11.8. The molecule has 1 saturated heterocycles. The first kappa shape index (κ1) is 19.7. The molecule has 25 heavy (non-hydrogen) atoms. The van der Waals surface area contributed by atoms with Gasteiger partial charge in [-0.15, -0.1) is 0 Å². The van der Waals surface area contributed by atoms with Gasteiger partial charge in [-0.05, 0) is 13.3 Å². The molecule has 7 nitrogen and oxygen atoms in total. The average molecular weight is 391 g/mol. The third-order valence-electron chi connectivity index (χ3n) is 4.21. The summed E-state index contributed by atoms with van der Waals surface area (Å²) in [5, 5.41) is 3.43. The zero-order valence-corrected chi connectivity index (χ0v) is 16.1. The largest absolute Gasteiger partial charge is 0.495 e. The Morgan fingerprint density at radius 1 is 1.32 bits per heavy atom. The Kier molecular flexibility index (Phi) is 6.40. The van der Waals surface area contributed by atoms with Crippen molar-refractivity contribution in [1.29, 1.82) is 0 Å². The average Bonchev–Trinajstić information content (AvgIpc) is 2.93. The van der Waals surface area contributed by atoms with Gasteiger partial charge in [-0.2, -0.15) is 0 Å². The lowest BCUT2D eigenvalue weighted by Crippen LogP contribution is -2.43. The van der Waals surface area contributed by atoms with E-state index in [9.17, 15) is 13.2 Å². The smallest absolute Gasteiger partial charge is 0.242 e. The monoisotopic (exact) mass is 390 g/mol. The van der Waals surface area contributed by atoms with Crippen LogP contribution in [0, 0.1) is 0 Å². The molecule has 1 unspecified atom stereocenters. The fourth-order valence-electron chi connectivity index (χ4n) is 2.93. The molecule has 1 aromatic rings. The summed E-state index contributed by atoms with van der Waals surface area (Å²) in [5.41, 5.74) is 0.576. The van der Waals surface area contributed by atoms with Crippen molar-refractivity contribution in [3.05, 3.63) is 17.2 Å². The number of ether oxygens (including phenoxy) is 2. The van der Waals surface area contributed by atoms with E-state index in [1.54, 1.807) is 17.0 Å². The summed E-state index contributed by atoms with van der Waals surface area (Å²) >= 11 is 6.06. The number of carbonyl (C=O) groups is 1. The lowest BCUT2D eigenvalue weighted by atomic mass is 10.2. The van der Waals surface area contributed by atoms with Gasteiger partial charge >= 0.3 is 0 Å². The number of nitrogens with one attached hydrogen (secondary N) is 1. The molecular weight excluding hydrogens is 368 g/mol. The summed E-state index contributed by atoms with van der Waals surface area (Å²) in [5.74, 6) is 0.958. The number of hydrogen-bond acceptors (Lipinski definition) is 6. The zero-order valence-electron chi connectivity index (χ0n) is 14.5. The summed E-state index contributed by atoms with van der Waals surface area (Å²) in [6, 6.07) is 3.00. The lowest BCUT2D eigenvalue weighted by molar-refractivity contribution is -0.130. The molecule has 1 aromatic carbocycles. The zero-order chi connectivity index (χ0) is 18.6. The Morgan fingerprint density at radius 3 is 2.52 bits per heavy atom. The van der Waals surface area contributed by atoms with Gasteiger partial charge in [0, 0.05) is 24.7 Å². The van der Waals surface area contributed by atoms with Crippen molar-refractivity contribution in [1.82, 2.24) is 4.90 Å². The van der Waals surface area contributed by atoms with E-state index in [1.165, 1.54) is 14.2 Å². The van der Waals surface area contributed by atoms with Crippen LogP contribution < -0.4 is 14.8 Å². The molecule has 2 rings (SSSR count). The van der Waals surface area contributed by atoms with Crippen LogP contribution in [0.25, 0.3) is 0 Å². The second-order valence-electron chi connectivity index (χ2n) is 5.78. The lowest BCUT2D eigenvalue weighted by Gasteiger charge is -2.27. The highest BCUT2D eigenvalue weighted by Crippen LogP contribution is 2.35. The molecule has 1 fully saturated rings. The molecule has 0 spiro atoms. The van der Waals surface area contributed by atoms with Crippen molar-refractivity contribution in [2.24, 2.45) is 0 Å². The normalized spacial score (nSPS) is 18.6. The highest BCUT2D eigenvalue weighted by molar-refractivity contribution is 7.91. The Morgan fingerprint density at radius 2 is 2.00 bits per heavy atom. The Hall–Kier alpha value is -1.67. The van der Waals surface area contributed by atoms with Gasteiger partial charge in [0.25, 0.3) is 0 Å². The summed E-state index contributed by atoms with van der Waals surface area (Å²) in [4.78, 5) is 14.1. The van der Waals surface area contributed by atoms with Crippen molar-refractivity contribution in [3.8, 4) is 11.5 Å². The molecule has 0 aromatic heterocycles. The van der Waals surface area contributed by atoms with Gasteiger partial charge in [0.15, 0.2) is 9.84 Å². The van der Waals surface area contributed by atoms with E-state index in [4.69, 9.17) is 21.1 Å². The van der Waals surface area contributed by atoms with E-state index >= 15 is 0 Å². The van der Waals surface area contributed by atoms with Crippen molar-refractivity contribution in [2.75, 3.05) is 44.1 Å². The van der Waals surface area contributed by atoms with E-state index in [2.05, 4.69) is 5.32 Å². The second kappa shape index (κ2) is 8.14. The van der Waals surface area contributed by atoms with Crippen molar-refractivity contribution in [3.63, 3.8) is 0 Å². The molecular formula is C16H23ClN2O5S. The quantitative estimate of drug-likeness (QED) is 0.764. The van der Waals surface area contributed by atoms with Crippen molar-refractivity contribution in [2.45, 2.75) is 19.4 Å². The minimum Gasteiger partial charge on any atom is -0.495 e. The number of carbonyl (C=O) groups excluding carboxylic acids is 1. The number of rotatable bonds is 7. The number of halogens is 1. The Bertz CT molecular complexity index is 738. The van der Waals surface area contributed by atoms with Crippen LogP contribution in [-0.2, 0) is 14.6 Å². The predicted molar refractivity (Wildman–Crippen MR) is 97.5 cm³/mol. The summed E-state index contributed by atoms with van der Waals surface area (Å²) in [6.07, 6.45) is 0.486. The first-order valence-electron chi connectivity index (χ1n) is 7.96. The molecule has 9 heteroatoms. The summed E-state index contributed by atoms with van der Waals surface area (Å²) in [6.45, 7) is 2.32. The van der Waals surface area contributed by atoms with Crippen LogP contribution in [0.4, 0.5) is 5.69 Å². The Labute approximate surface area is 153 Å². The number of likely N-dealkylation sites (N-methyl/N-ethyl adjacent to an activating group) is 1. The molecule has 1 aliphatic heterocycles. The maximum Gasteiger partial charge on any atom is 0.242 e.